The van der Waals surface area contributed by atoms with Crippen LogP contribution < -0.4 is 10.1 Å². The average molecular weight is 237 g/mol. The summed E-state index contributed by atoms with van der Waals surface area (Å²) in [5.41, 5.74) is 0.289. The number of benzene rings is 1. The standard InChI is InChI=1S/C13H19NO3/c1-13(2,3)8-12(16)14-10-7-9(17-4)5-6-11(10)15/h5-7,15H,8H2,1-4H3,(H,14,16). The van der Waals surface area contributed by atoms with Crippen LogP contribution in [0, 0.1) is 5.41 Å². The molecule has 1 aromatic rings. The van der Waals surface area contributed by atoms with Gasteiger partial charge >= 0.3 is 0 Å². The van der Waals surface area contributed by atoms with Gasteiger partial charge in [-0.1, -0.05) is 20.8 Å². The normalized spacial score (nSPS) is 11.1. The Bertz CT molecular complexity index is 408. The predicted octanol–water partition coefficient (Wildman–Crippen LogP) is 2.78. The number of rotatable bonds is 3. The monoisotopic (exact) mass is 237 g/mol. The van der Waals surface area contributed by atoms with Crippen LogP contribution in [0.3, 0.4) is 0 Å². The van der Waals surface area contributed by atoms with Crippen LogP contribution in [0.1, 0.15) is 27.2 Å². The van der Waals surface area contributed by atoms with E-state index in [0.29, 0.717) is 17.9 Å². The summed E-state index contributed by atoms with van der Waals surface area (Å²) in [5, 5.41) is 12.3. The predicted molar refractivity (Wildman–Crippen MR) is 67.4 cm³/mol. The molecule has 0 aliphatic rings. The molecule has 0 saturated heterocycles. The Morgan fingerprint density at radius 3 is 2.59 bits per heavy atom. The van der Waals surface area contributed by atoms with E-state index in [1.165, 1.54) is 13.2 Å². The molecule has 0 fully saturated rings. The van der Waals surface area contributed by atoms with E-state index in [1.807, 2.05) is 20.8 Å². The maximum atomic E-state index is 11.7. The van der Waals surface area contributed by atoms with Crippen molar-refractivity contribution in [2.45, 2.75) is 27.2 Å². The second-order valence-electron chi connectivity index (χ2n) is 5.17. The van der Waals surface area contributed by atoms with Crippen LogP contribution >= 0.6 is 0 Å². The van der Waals surface area contributed by atoms with E-state index in [9.17, 15) is 9.90 Å². The highest BCUT2D eigenvalue weighted by atomic mass is 16.5. The number of carbonyl (C=O) groups excluding carboxylic acids is 1. The zero-order valence-electron chi connectivity index (χ0n) is 10.7. The number of ether oxygens (including phenoxy) is 1. The fourth-order valence-corrected chi connectivity index (χ4v) is 1.42. The summed E-state index contributed by atoms with van der Waals surface area (Å²) < 4.78 is 5.03. The van der Waals surface area contributed by atoms with Gasteiger partial charge in [0.15, 0.2) is 0 Å². The van der Waals surface area contributed by atoms with Gasteiger partial charge in [-0.15, -0.1) is 0 Å². The number of phenols is 1. The van der Waals surface area contributed by atoms with Gasteiger partial charge in [-0.3, -0.25) is 4.79 Å². The van der Waals surface area contributed by atoms with Crippen LogP contribution in [0.5, 0.6) is 11.5 Å². The molecule has 94 valence electrons. The summed E-state index contributed by atoms with van der Waals surface area (Å²) >= 11 is 0. The summed E-state index contributed by atoms with van der Waals surface area (Å²) in [6.45, 7) is 5.95. The number of anilines is 1. The Kier molecular flexibility index (Phi) is 3.99. The molecule has 0 saturated carbocycles. The van der Waals surface area contributed by atoms with E-state index in [1.54, 1.807) is 12.1 Å². The zero-order valence-corrected chi connectivity index (χ0v) is 10.7. The van der Waals surface area contributed by atoms with Crippen molar-refractivity contribution in [3.8, 4) is 11.5 Å². The second kappa shape index (κ2) is 5.08. The van der Waals surface area contributed by atoms with Crippen molar-refractivity contribution in [2.24, 2.45) is 5.41 Å². The first-order valence-corrected chi connectivity index (χ1v) is 5.49. The van der Waals surface area contributed by atoms with Crippen molar-refractivity contribution in [3.05, 3.63) is 18.2 Å². The van der Waals surface area contributed by atoms with Crippen LogP contribution in [0.4, 0.5) is 5.69 Å². The minimum Gasteiger partial charge on any atom is -0.506 e. The van der Waals surface area contributed by atoms with E-state index in [4.69, 9.17) is 4.74 Å². The Hall–Kier alpha value is -1.71. The quantitative estimate of drug-likeness (QED) is 0.795. The number of aromatic hydroxyl groups is 1. The fraction of sp³-hybridized carbons (Fsp3) is 0.462. The topological polar surface area (TPSA) is 58.6 Å². The van der Waals surface area contributed by atoms with Gasteiger partial charge in [0.25, 0.3) is 0 Å². The van der Waals surface area contributed by atoms with E-state index < -0.39 is 0 Å². The Morgan fingerprint density at radius 2 is 2.06 bits per heavy atom. The third kappa shape index (κ3) is 4.34. The first-order valence-electron chi connectivity index (χ1n) is 5.49. The third-order valence-corrected chi connectivity index (χ3v) is 2.17. The van der Waals surface area contributed by atoms with Crippen molar-refractivity contribution in [1.82, 2.24) is 0 Å². The molecule has 4 heteroatoms. The lowest BCUT2D eigenvalue weighted by Gasteiger charge is -2.17. The molecule has 1 rings (SSSR count). The number of carbonyl (C=O) groups is 1. The highest BCUT2D eigenvalue weighted by molar-refractivity contribution is 5.92. The number of nitrogens with one attached hydrogen (secondary N) is 1. The molecule has 0 aliphatic heterocycles. The highest BCUT2D eigenvalue weighted by Crippen LogP contribution is 2.28. The lowest BCUT2D eigenvalue weighted by Crippen LogP contribution is -2.19. The molecule has 4 nitrogen and oxygen atoms in total. The number of hydrogen-bond donors (Lipinski definition) is 2. The van der Waals surface area contributed by atoms with E-state index in [-0.39, 0.29) is 17.1 Å². The molecule has 1 aromatic carbocycles. The first-order chi connectivity index (χ1) is 7.81. The van der Waals surface area contributed by atoms with Crippen molar-refractivity contribution in [2.75, 3.05) is 12.4 Å². The SMILES string of the molecule is COc1ccc(O)c(NC(=O)CC(C)(C)C)c1. The average Bonchev–Trinajstić information content (AvgIpc) is 2.18. The Balaban J connectivity index is 2.77. The van der Waals surface area contributed by atoms with E-state index in [2.05, 4.69) is 5.32 Å². The first kappa shape index (κ1) is 13.4. The maximum absolute atomic E-state index is 11.7. The molecule has 0 aromatic heterocycles. The van der Waals surface area contributed by atoms with Crippen molar-refractivity contribution < 1.29 is 14.6 Å². The number of amides is 1. The molecule has 1 amide bonds. The van der Waals surface area contributed by atoms with Gasteiger partial charge in [0.2, 0.25) is 5.91 Å². The number of phenolic OH excluding ortho intramolecular Hbond substituents is 1. The Morgan fingerprint density at radius 1 is 1.41 bits per heavy atom. The molecule has 2 N–H and O–H groups in total. The van der Waals surface area contributed by atoms with Crippen LogP contribution in [0.2, 0.25) is 0 Å². The lowest BCUT2D eigenvalue weighted by molar-refractivity contribution is -0.117. The van der Waals surface area contributed by atoms with E-state index >= 15 is 0 Å². The smallest absolute Gasteiger partial charge is 0.225 e. The molecule has 0 radical (unpaired) electrons. The summed E-state index contributed by atoms with van der Waals surface area (Å²) in [7, 11) is 1.53. The molecular weight excluding hydrogens is 218 g/mol. The molecule has 0 spiro atoms. The minimum atomic E-state index is -0.124. The van der Waals surface area contributed by atoms with Crippen molar-refractivity contribution >= 4 is 11.6 Å². The van der Waals surface area contributed by atoms with Crippen LogP contribution in [0.25, 0.3) is 0 Å². The van der Waals surface area contributed by atoms with Gasteiger partial charge in [0.1, 0.15) is 11.5 Å². The summed E-state index contributed by atoms with van der Waals surface area (Å²) in [4.78, 5) is 11.7. The molecule has 0 atom stereocenters. The zero-order chi connectivity index (χ0) is 13.1. The largest absolute Gasteiger partial charge is 0.506 e. The van der Waals surface area contributed by atoms with Gasteiger partial charge in [-0.05, 0) is 17.5 Å². The van der Waals surface area contributed by atoms with Gasteiger partial charge in [-0.25, -0.2) is 0 Å². The minimum absolute atomic E-state index is 0.0352. The van der Waals surface area contributed by atoms with Gasteiger partial charge in [0.05, 0.1) is 12.8 Å². The van der Waals surface area contributed by atoms with E-state index in [0.717, 1.165) is 0 Å². The molecule has 0 unspecified atom stereocenters. The molecule has 0 bridgehead atoms. The molecule has 0 aliphatic carbocycles. The van der Waals surface area contributed by atoms with Crippen LogP contribution in [0.15, 0.2) is 18.2 Å². The molecule has 0 heterocycles. The molecule has 17 heavy (non-hydrogen) atoms. The van der Waals surface area contributed by atoms with Gasteiger partial charge in [0, 0.05) is 12.5 Å². The number of hydrogen-bond acceptors (Lipinski definition) is 3. The van der Waals surface area contributed by atoms with Crippen molar-refractivity contribution in [1.29, 1.82) is 0 Å². The third-order valence-electron chi connectivity index (χ3n) is 2.17. The fourth-order valence-electron chi connectivity index (χ4n) is 1.42. The summed E-state index contributed by atoms with van der Waals surface area (Å²) in [6, 6.07) is 4.72. The van der Waals surface area contributed by atoms with Crippen LogP contribution in [-0.4, -0.2) is 18.1 Å². The lowest BCUT2D eigenvalue weighted by atomic mass is 9.92. The summed E-state index contributed by atoms with van der Waals surface area (Å²) in [6.07, 6.45) is 0.393. The van der Waals surface area contributed by atoms with Gasteiger partial charge < -0.3 is 15.2 Å². The Labute approximate surface area is 102 Å². The second-order valence-corrected chi connectivity index (χ2v) is 5.17. The van der Waals surface area contributed by atoms with Gasteiger partial charge in [-0.2, -0.15) is 0 Å². The van der Waals surface area contributed by atoms with Crippen molar-refractivity contribution in [3.63, 3.8) is 0 Å². The highest BCUT2D eigenvalue weighted by Gasteiger charge is 2.17. The molecular formula is C13H19NO3. The van der Waals surface area contributed by atoms with Crippen LogP contribution in [-0.2, 0) is 4.79 Å². The maximum Gasteiger partial charge on any atom is 0.225 e. The summed E-state index contributed by atoms with van der Waals surface area (Å²) in [5.74, 6) is 0.503. The number of methoxy groups -OCH3 is 1.